The van der Waals surface area contributed by atoms with E-state index in [9.17, 15) is 8.42 Å². The van der Waals surface area contributed by atoms with Crippen molar-refractivity contribution in [1.29, 1.82) is 0 Å². The second kappa shape index (κ2) is 9.87. The van der Waals surface area contributed by atoms with Gasteiger partial charge in [-0.2, -0.15) is 4.31 Å². The molecule has 1 aliphatic rings. The van der Waals surface area contributed by atoms with Crippen molar-refractivity contribution in [2.24, 2.45) is 11.8 Å². The van der Waals surface area contributed by atoms with E-state index in [1.165, 1.54) is 0 Å². The van der Waals surface area contributed by atoms with Crippen LogP contribution in [0.5, 0.6) is 0 Å². The van der Waals surface area contributed by atoms with E-state index in [0.717, 1.165) is 17.7 Å². The van der Waals surface area contributed by atoms with Gasteiger partial charge in [-0.15, -0.1) is 0 Å². The Morgan fingerprint density at radius 2 is 1.50 bits per heavy atom. The van der Waals surface area contributed by atoms with E-state index in [0.29, 0.717) is 47.0 Å². The third kappa shape index (κ3) is 5.78. The summed E-state index contributed by atoms with van der Waals surface area (Å²) in [5.74, 6) is 0.733. The lowest BCUT2D eigenvalue weighted by atomic mass is 9.94. The van der Waals surface area contributed by atoms with Crippen molar-refractivity contribution in [3.05, 3.63) is 54.1 Å². The fraction of sp³-hybridized carbons (Fsp3) is 0.409. The van der Waals surface area contributed by atoms with Gasteiger partial charge in [0, 0.05) is 31.1 Å². The first kappa shape index (κ1) is 22.7. The van der Waals surface area contributed by atoms with Gasteiger partial charge < -0.3 is 15.7 Å². The van der Waals surface area contributed by atoms with Crippen molar-refractivity contribution in [1.82, 2.24) is 4.31 Å². The zero-order valence-electron chi connectivity index (χ0n) is 17.3. The standard InChI is InChI=1S/C22H29N3O3S2/c1-16-13-17(2)15-25(14-16)30(27,28)21-9-7-20(8-10-21)24-22(29)23-19-5-3-18(4-6-19)11-12-26/h3-10,16-17,26H,11-15H2,1-2H3,(H2,23,24,29)/t16-,17+. The summed E-state index contributed by atoms with van der Waals surface area (Å²) in [5.41, 5.74) is 2.60. The molecule has 1 saturated heterocycles. The van der Waals surface area contributed by atoms with E-state index < -0.39 is 10.0 Å². The minimum atomic E-state index is -3.49. The first-order chi connectivity index (χ1) is 14.3. The van der Waals surface area contributed by atoms with Crippen LogP contribution in [0.2, 0.25) is 0 Å². The minimum absolute atomic E-state index is 0.119. The number of nitrogens with zero attached hydrogens (tertiary/aromatic N) is 1. The molecule has 162 valence electrons. The fourth-order valence-electron chi connectivity index (χ4n) is 3.84. The smallest absolute Gasteiger partial charge is 0.243 e. The lowest BCUT2D eigenvalue weighted by Crippen LogP contribution is -2.42. The number of nitrogens with one attached hydrogen (secondary N) is 2. The summed E-state index contributed by atoms with van der Waals surface area (Å²) in [7, 11) is -3.49. The second-order valence-electron chi connectivity index (χ2n) is 8.04. The molecule has 0 radical (unpaired) electrons. The molecule has 2 atom stereocenters. The summed E-state index contributed by atoms with van der Waals surface area (Å²) in [5, 5.41) is 15.6. The molecule has 0 saturated carbocycles. The molecule has 0 spiro atoms. The molecule has 0 bridgehead atoms. The number of thiocarbonyl (C=S) groups is 1. The number of aliphatic hydroxyl groups is 1. The summed E-state index contributed by atoms with van der Waals surface area (Å²) < 4.78 is 27.6. The van der Waals surface area contributed by atoms with Crippen LogP contribution in [0.25, 0.3) is 0 Å². The van der Waals surface area contributed by atoms with Crippen LogP contribution < -0.4 is 10.6 Å². The molecule has 0 aromatic heterocycles. The summed E-state index contributed by atoms with van der Waals surface area (Å²) in [6, 6.07) is 14.3. The Labute approximate surface area is 184 Å². The van der Waals surface area contributed by atoms with E-state index >= 15 is 0 Å². The third-order valence-corrected chi connectivity index (χ3v) is 7.25. The van der Waals surface area contributed by atoms with E-state index in [-0.39, 0.29) is 6.61 Å². The molecule has 1 heterocycles. The number of rotatable bonds is 6. The topological polar surface area (TPSA) is 81.7 Å². The monoisotopic (exact) mass is 447 g/mol. The number of benzene rings is 2. The zero-order chi connectivity index (χ0) is 21.7. The van der Waals surface area contributed by atoms with Crippen LogP contribution in [-0.4, -0.2) is 42.6 Å². The summed E-state index contributed by atoms with van der Waals surface area (Å²) in [6.07, 6.45) is 1.68. The van der Waals surface area contributed by atoms with Gasteiger partial charge in [0.2, 0.25) is 10.0 Å². The van der Waals surface area contributed by atoms with Crippen molar-refractivity contribution >= 4 is 38.7 Å². The Balaban J connectivity index is 1.61. The fourth-order valence-corrected chi connectivity index (χ4v) is 5.75. The van der Waals surface area contributed by atoms with Gasteiger partial charge in [-0.25, -0.2) is 8.42 Å². The highest BCUT2D eigenvalue weighted by Gasteiger charge is 2.31. The lowest BCUT2D eigenvalue weighted by molar-refractivity contribution is 0.222. The number of hydrogen-bond donors (Lipinski definition) is 3. The molecule has 3 rings (SSSR count). The summed E-state index contributed by atoms with van der Waals surface area (Å²) >= 11 is 5.35. The highest BCUT2D eigenvalue weighted by Crippen LogP contribution is 2.27. The molecule has 30 heavy (non-hydrogen) atoms. The summed E-state index contributed by atoms with van der Waals surface area (Å²) in [6.45, 7) is 5.45. The molecule has 1 aliphatic heterocycles. The molecule has 0 aliphatic carbocycles. The molecular weight excluding hydrogens is 418 g/mol. The van der Waals surface area contributed by atoms with Gasteiger partial charge >= 0.3 is 0 Å². The lowest BCUT2D eigenvalue weighted by Gasteiger charge is -2.34. The van der Waals surface area contributed by atoms with E-state index in [2.05, 4.69) is 24.5 Å². The normalized spacial score (nSPS) is 20.0. The van der Waals surface area contributed by atoms with Gasteiger partial charge in [-0.3, -0.25) is 0 Å². The SMILES string of the molecule is C[C@@H]1C[C@H](C)CN(S(=O)(=O)c2ccc(NC(=S)Nc3ccc(CCO)cc3)cc2)C1. The number of anilines is 2. The Kier molecular flexibility index (Phi) is 7.46. The van der Waals surface area contributed by atoms with Gasteiger partial charge in [0.1, 0.15) is 0 Å². The molecule has 2 aromatic carbocycles. The molecule has 6 nitrogen and oxygen atoms in total. The molecule has 0 unspecified atom stereocenters. The van der Waals surface area contributed by atoms with Gasteiger partial charge in [-0.1, -0.05) is 26.0 Å². The Bertz CT molecular complexity index is 950. The first-order valence-corrected chi connectivity index (χ1v) is 12.0. The average molecular weight is 448 g/mol. The highest BCUT2D eigenvalue weighted by atomic mass is 32.2. The van der Waals surface area contributed by atoms with Crippen LogP contribution in [0.1, 0.15) is 25.8 Å². The van der Waals surface area contributed by atoms with Gasteiger partial charge in [0.05, 0.1) is 4.90 Å². The maximum Gasteiger partial charge on any atom is 0.243 e. The number of hydrogen-bond acceptors (Lipinski definition) is 4. The zero-order valence-corrected chi connectivity index (χ0v) is 19.0. The number of piperidine rings is 1. The number of aliphatic hydroxyl groups excluding tert-OH is 1. The maximum absolute atomic E-state index is 13.0. The van der Waals surface area contributed by atoms with Crippen LogP contribution in [0.4, 0.5) is 11.4 Å². The average Bonchev–Trinajstić information content (AvgIpc) is 2.69. The van der Waals surface area contributed by atoms with Crippen LogP contribution in [0, 0.1) is 11.8 Å². The van der Waals surface area contributed by atoms with Gasteiger partial charge in [0.15, 0.2) is 5.11 Å². The maximum atomic E-state index is 13.0. The Morgan fingerprint density at radius 1 is 1.00 bits per heavy atom. The van der Waals surface area contributed by atoms with Gasteiger partial charge in [0.25, 0.3) is 0 Å². The Hall–Kier alpha value is -2.00. The van der Waals surface area contributed by atoms with Crippen molar-refractivity contribution in [2.45, 2.75) is 31.6 Å². The van der Waals surface area contributed by atoms with Crippen LogP contribution >= 0.6 is 12.2 Å². The van der Waals surface area contributed by atoms with Crippen LogP contribution in [0.3, 0.4) is 0 Å². The van der Waals surface area contributed by atoms with Crippen molar-refractivity contribution in [3.63, 3.8) is 0 Å². The van der Waals surface area contributed by atoms with Gasteiger partial charge in [-0.05, 0) is 78.9 Å². The van der Waals surface area contributed by atoms with Crippen LogP contribution in [-0.2, 0) is 16.4 Å². The highest BCUT2D eigenvalue weighted by molar-refractivity contribution is 7.89. The molecule has 8 heteroatoms. The summed E-state index contributed by atoms with van der Waals surface area (Å²) in [4.78, 5) is 0.299. The molecule has 2 aromatic rings. The van der Waals surface area contributed by atoms with E-state index in [1.54, 1.807) is 28.6 Å². The van der Waals surface area contributed by atoms with E-state index in [1.807, 2.05) is 24.3 Å². The Morgan fingerprint density at radius 3 is 2.00 bits per heavy atom. The largest absolute Gasteiger partial charge is 0.396 e. The molecule has 3 N–H and O–H groups in total. The first-order valence-electron chi connectivity index (χ1n) is 10.2. The molecule has 1 fully saturated rings. The predicted molar refractivity (Wildman–Crippen MR) is 125 cm³/mol. The van der Waals surface area contributed by atoms with E-state index in [4.69, 9.17) is 17.3 Å². The predicted octanol–water partition coefficient (Wildman–Crippen LogP) is 3.70. The molecule has 0 amide bonds. The van der Waals surface area contributed by atoms with Crippen molar-refractivity contribution in [2.75, 3.05) is 30.3 Å². The molecular formula is C22H29N3O3S2. The van der Waals surface area contributed by atoms with Crippen molar-refractivity contribution < 1.29 is 13.5 Å². The van der Waals surface area contributed by atoms with Crippen molar-refractivity contribution in [3.8, 4) is 0 Å². The quantitative estimate of drug-likeness (QED) is 0.586. The number of sulfonamides is 1. The third-order valence-electron chi connectivity index (χ3n) is 5.20. The second-order valence-corrected chi connectivity index (χ2v) is 10.4. The minimum Gasteiger partial charge on any atom is -0.396 e. The van der Waals surface area contributed by atoms with Crippen LogP contribution in [0.15, 0.2) is 53.4 Å².